The van der Waals surface area contributed by atoms with Gasteiger partial charge in [-0.1, -0.05) is 42.5 Å². The number of nitrogens with two attached hydrogens (primary N) is 1. The number of primary sulfonamides is 1. The summed E-state index contributed by atoms with van der Waals surface area (Å²) in [5, 5.41) is 5.09. The van der Waals surface area contributed by atoms with Crippen molar-refractivity contribution in [2.75, 3.05) is 26.2 Å². The summed E-state index contributed by atoms with van der Waals surface area (Å²) in [7, 11) is -3.75. The van der Waals surface area contributed by atoms with Crippen molar-refractivity contribution < 1.29 is 18.0 Å². The number of nitrogens with zero attached hydrogens (tertiary/aromatic N) is 2. The van der Waals surface area contributed by atoms with E-state index in [-0.39, 0.29) is 23.1 Å². The minimum absolute atomic E-state index is 0.0202. The molecule has 0 unspecified atom stereocenters. The lowest BCUT2D eigenvalue weighted by Gasteiger charge is -2.39. The zero-order valence-corrected chi connectivity index (χ0v) is 18.1. The quantitative estimate of drug-likeness (QED) is 0.779. The second kappa shape index (κ2) is 8.57. The van der Waals surface area contributed by atoms with Crippen molar-refractivity contribution in [3.05, 3.63) is 65.7 Å². The fourth-order valence-electron chi connectivity index (χ4n) is 3.62. The Kier molecular flexibility index (Phi) is 6.28. The number of sulfonamides is 1. The molecule has 3 rings (SSSR count). The van der Waals surface area contributed by atoms with Crippen molar-refractivity contribution in [1.82, 2.24) is 9.80 Å². The van der Waals surface area contributed by atoms with Crippen molar-refractivity contribution in [1.29, 1.82) is 0 Å². The van der Waals surface area contributed by atoms with Crippen molar-refractivity contribution in [2.45, 2.75) is 30.6 Å². The summed E-state index contributed by atoms with van der Waals surface area (Å²) in [5.74, 6) is 0.00663. The average molecular weight is 430 g/mol. The summed E-state index contributed by atoms with van der Waals surface area (Å²) in [4.78, 5) is 29.3. The molecular weight excluding hydrogens is 402 g/mol. The highest BCUT2D eigenvalue weighted by molar-refractivity contribution is 7.89. The van der Waals surface area contributed by atoms with Crippen molar-refractivity contribution in [3.8, 4) is 0 Å². The summed E-state index contributed by atoms with van der Waals surface area (Å²) in [5.41, 5.74) is 1.06. The third-order valence-electron chi connectivity index (χ3n) is 5.56. The van der Waals surface area contributed by atoms with Gasteiger partial charge in [-0.15, -0.1) is 0 Å². The highest BCUT2D eigenvalue weighted by atomic mass is 32.2. The zero-order valence-electron chi connectivity index (χ0n) is 17.2. The molecule has 160 valence electrons. The molecular formula is C22H27N3O4S. The van der Waals surface area contributed by atoms with Crippen LogP contribution in [-0.4, -0.2) is 56.2 Å². The molecule has 8 heteroatoms. The Labute approximate surface area is 177 Å². The number of rotatable bonds is 5. The summed E-state index contributed by atoms with van der Waals surface area (Å²) in [6.07, 6.45) is 0.175. The van der Waals surface area contributed by atoms with Gasteiger partial charge in [0.25, 0.3) is 0 Å². The van der Waals surface area contributed by atoms with Gasteiger partial charge in [0.15, 0.2) is 0 Å². The SMILES string of the molecule is CC(C)(C(=O)N1CCN(C(=O)Cc2ccc(S(N)(=O)=O)cc2)CC1)c1ccccc1. The van der Waals surface area contributed by atoms with E-state index < -0.39 is 15.4 Å². The predicted molar refractivity (Wildman–Crippen MR) is 114 cm³/mol. The number of carbonyl (C=O) groups is 2. The zero-order chi connectivity index (χ0) is 21.9. The second-order valence-corrected chi connectivity index (χ2v) is 9.59. The molecule has 2 N–H and O–H groups in total. The van der Waals surface area contributed by atoms with Crippen molar-refractivity contribution >= 4 is 21.8 Å². The van der Waals surface area contributed by atoms with Crippen LogP contribution < -0.4 is 5.14 Å². The largest absolute Gasteiger partial charge is 0.339 e. The maximum Gasteiger partial charge on any atom is 0.238 e. The Morgan fingerprint density at radius 1 is 0.900 bits per heavy atom. The molecule has 0 atom stereocenters. The van der Waals surface area contributed by atoms with E-state index in [1.807, 2.05) is 49.1 Å². The third-order valence-corrected chi connectivity index (χ3v) is 6.49. The van der Waals surface area contributed by atoms with Gasteiger partial charge in [-0.25, -0.2) is 13.6 Å². The van der Waals surface area contributed by atoms with Crippen LogP contribution in [0.25, 0.3) is 0 Å². The Morgan fingerprint density at radius 2 is 1.43 bits per heavy atom. The van der Waals surface area contributed by atoms with Gasteiger partial charge in [-0.2, -0.15) is 0 Å². The van der Waals surface area contributed by atoms with Crippen LogP contribution >= 0.6 is 0 Å². The first-order valence-corrected chi connectivity index (χ1v) is 11.4. The fourth-order valence-corrected chi connectivity index (χ4v) is 4.13. The molecule has 1 aliphatic rings. The van der Waals surface area contributed by atoms with Gasteiger partial charge in [0.2, 0.25) is 21.8 Å². The van der Waals surface area contributed by atoms with E-state index >= 15 is 0 Å². The highest BCUT2D eigenvalue weighted by Crippen LogP contribution is 2.26. The molecule has 2 aromatic rings. The predicted octanol–water partition coefficient (Wildman–Crippen LogP) is 1.53. The Morgan fingerprint density at radius 3 is 1.97 bits per heavy atom. The lowest BCUT2D eigenvalue weighted by molar-refractivity contribution is -0.142. The first kappa shape index (κ1) is 22.0. The summed E-state index contributed by atoms with van der Waals surface area (Å²) in [6, 6.07) is 15.7. The Hall–Kier alpha value is -2.71. The van der Waals surface area contributed by atoms with Crippen LogP contribution in [0.3, 0.4) is 0 Å². The molecule has 1 saturated heterocycles. The molecule has 0 bridgehead atoms. The fraction of sp³-hybridized carbons (Fsp3) is 0.364. The standard InChI is InChI=1S/C22H27N3O4S/c1-22(2,18-6-4-3-5-7-18)21(27)25-14-12-24(13-15-25)20(26)16-17-8-10-19(11-9-17)30(23,28)29/h3-11H,12-16H2,1-2H3,(H2,23,28,29). The smallest absolute Gasteiger partial charge is 0.238 e. The summed E-state index contributed by atoms with van der Waals surface area (Å²) < 4.78 is 22.7. The number of amides is 2. The maximum absolute atomic E-state index is 13.1. The molecule has 0 aliphatic carbocycles. The van der Waals surface area contributed by atoms with Crippen LogP contribution in [0, 0.1) is 0 Å². The van der Waals surface area contributed by atoms with E-state index in [0.29, 0.717) is 26.2 Å². The van der Waals surface area contributed by atoms with E-state index in [1.165, 1.54) is 12.1 Å². The summed E-state index contributed by atoms with van der Waals surface area (Å²) in [6.45, 7) is 5.78. The summed E-state index contributed by atoms with van der Waals surface area (Å²) >= 11 is 0. The Balaban J connectivity index is 1.57. The van der Waals surface area contributed by atoms with Gasteiger partial charge in [0.05, 0.1) is 16.7 Å². The number of hydrogen-bond acceptors (Lipinski definition) is 4. The molecule has 30 heavy (non-hydrogen) atoms. The highest BCUT2D eigenvalue weighted by Gasteiger charge is 2.35. The normalized spacial score (nSPS) is 15.2. The molecule has 1 aliphatic heterocycles. The van der Waals surface area contributed by atoms with Crippen LogP contribution in [0.4, 0.5) is 0 Å². The average Bonchev–Trinajstić information content (AvgIpc) is 2.73. The molecule has 7 nitrogen and oxygen atoms in total. The molecule has 0 radical (unpaired) electrons. The molecule has 2 aromatic carbocycles. The van der Waals surface area contributed by atoms with E-state index in [4.69, 9.17) is 5.14 Å². The van der Waals surface area contributed by atoms with Gasteiger partial charge in [0.1, 0.15) is 0 Å². The van der Waals surface area contributed by atoms with Crippen LogP contribution in [0.5, 0.6) is 0 Å². The van der Waals surface area contributed by atoms with Crippen molar-refractivity contribution in [3.63, 3.8) is 0 Å². The molecule has 0 saturated carbocycles. The number of carbonyl (C=O) groups excluding carboxylic acids is 2. The Bertz CT molecular complexity index is 1010. The van der Waals surface area contributed by atoms with Crippen molar-refractivity contribution in [2.24, 2.45) is 5.14 Å². The van der Waals surface area contributed by atoms with E-state index in [0.717, 1.165) is 11.1 Å². The molecule has 2 amide bonds. The van der Waals surface area contributed by atoms with Gasteiger partial charge in [0, 0.05) is 26.2 Å². The first-order valence-electron chi connectivity index (χ1n) is 9.83. The van der Waals surface area contributed by atoms with E-state index in [9.17, 15) is 18.0 Å². The van der Waals surface area contributed by atoms with Gasteiger partial charge in [-0.05, 0) is 37.1 Å². The van der Waals surface area contributed by atoms with Gasteiger partial charge in [-0.3, -0.25) is 9.59 Å². The first-order chi connectivity index (χ1) is 14.1. The van der Waals surface area contributed by atoms with Crippen LogP contribution in [-0.2, 0) is 31.4 Å². The van der Waals surface area contributed by atoms with Crippen LogP contribution in [0.15, 0.2) is 59.5 Å². The topological polar surface area (TPSA) is 101 Å². The minimum atomic E-state index is -3.75. The van der Waals surface area contributed by atoms with Gasteiger partial charge >= 0.3 is 0 Å². The molecule has 1 fully saturated rings. The third kappa shape index (κ3) is 4.88. The van der Waals surface area contributed by atoms with Crippen LogP contribution in [0.2, 0.25) is 0 Å². The monoisotopic (exact) mass is 429 g/mol. The van der Waals surface area contributed by atoms with E-state index in [1.54, 1.807) is 17.0 Å². The van der Waals surface area contributed by atoms with Gasteiger partial charge < -0.3 is 9.80 Å². The second-order valence-electron chi connectivity index (χ2n) is 8.03. The van der Waals surface area contributed by atoms with E-state index in [2.05, 4.69) is 0 Å². The minimum Gasteiger partial charge on any atom is -0.339 e. The maximum atomic E-state index is 13.1. The number of piperazine rings is 1. The molecule has 0 aromatic heterocycles. The van der Waals surface area contributed by atoms with Crippen LogP contribution in [0.1, 0.15) is 25.0 Å². The molecule has 0 spiro atoms. The number of hydrogen-bond donors (Lipinski definition) is 1. The number of benzene rings is 2. The lowest BCUT2D eigenvalue weighted by Crippen LogP contribution is -2.54. The molecule has 1 heterocycles. The lowest BCUT2D eigenvalue weighted by atomic mass is 9.83.